The monoisotopic (exact) mass is 368 g/mol. The van der Waals surface area contributed by atoms with Gasteiger partial charge in [0.25, 0.3) is 0 Å². The Morgan fingerprint density at radius 2 is 1.70 bits per heavy atom. The third-order valence-corrected chi connectivity index (χ3v) is 8.91. The maximum Gasteiger partial charge on any atom is 0.417 e. The summed E-state index contributed by atoms with van der Waals surface area (Å²) in [5.74, 6) is 0. The van der Waals surface area contributed by atoms with E-state index in [1.54, 1.807) is 6.07 Å². The number of hydrogen-bond acceptors (Lipinski definition) is 1. The normalized spacial score (nSPS) is 13.7. The van der Waals surface area contributed by atoms with Gasteiger partial charge in [0.1, 0.15) is 0 Å². The van der Waals surface area contributed by atoms with Crippen LogP contribution in [-0.2, 0) is 17.2 Å². The minimum absolute atomic E-state index is 0.0369. The molecule has 0 spiro atoms. The Morgan fingerprint density at radius 1 is 1.15 bits per heavy atom. The van der Waals surface area contributed by atoms with Gasteiger partial charge in [0.15, 0.2) is 8.32 Å². The van der Waals surface area contributed by atoms with Gasteiger partial charge in [-0.1, -0.05) is 42.8 Å². The van der Waals surface area contributed by atoms with Crippen LogP contribution in [0.2, 0.25) is 18.1 Å². The first-order valence-corrected chi connectivity index (χ1v) is 10.0. The van der Waals surface area contributed by atoms with Crippen LogP contribution in [0.5, 0.6) is 0 Å². The molecule has 1 aromatic rings. The Hall–Kier alpha value is -0.333. The van der Waals surface area contributed by atoms with Gasteiger partial charge in [-0.3, -0.25) is 0 Å². The van der Waals surface area contributed by atoms with Gasteiger partial charge in [0, 0.05) is 4.47 Å². The number of benzene rings is 1. The van der Waals surface area contributed by atoms with Crippen molar-refractivity contribution in [1.82, 2.24) is 0 Å². The van der Waals surface area contributed by atoms with Gasteiger partial charge in [0.05, 0.1) is 12.2 Å². The van der Waals surface area contributed by atoms with Gasteiger partial charge in [0.2, 0.25) is 0 Å². The smallest absolute Gasteiger partial charge is 0.413 e. The van der Waals surface area contributed by atoms with Crippen molar-refractivity contribution in [3.63, 3.8) is 0 Å². The van der Waals surface area contributed by atoms with Crippen molar-refractivity contribution in [3.05, 3.63) is 33.8 Å². The second-order valence-electron chi connectivity index (χ2n) is 6.36. The van der Waals surface area contributed by atoms with Crippen molar-refractivity contribution in [2.24, 2.45) is 0 Å². The molecule has 0 radical (unpaired) electrons. The van der Waals surface area contributed by atoms with Crippen molar-refractivity contribution in [1.29, 1.82) is 0 Å². The fourth-order valence-electron chi connectivity index (χ4n) is 1.36. The van der Waals surface area contributed by atoms with Gasteiger partial charge < -0.3 is 4.43 Å². The SMILES string of the molecule is CC(C)(C)[Si](C)(C)OCc1ccc(Br)c(C(F)(F)F)c1. The summed E-state index contributed by atoms with van der Waals surface area (Å²) in [6.07, 6.45) is -4.36. The van der Waals surface area contributed by atoms with Crippen molar-refractivity contribution in [2.75, 3.05) is 0 Å². The molecular weight excluding hydrogens is 349 g/mol. The summed E-state index contributed by atoms with van der Waals surface area (Å²) in [5.41, 5.74) is -0.112. The van der Waals surface area contributed by atoms with E-state index in [0.29, 0.717) is 5.56 Å². The number of hydrogen-bond donors (Lipinski definition) is 0. The molecule has 0 aromatic heterocycles. The molecule has 0 bridgehead atoms. The molecule has 0 unspecified atom stereocenters. The quantitative estimate of drug-likeness (QED) is 0.595. The Morgan fingerprint density at radius 3 is 2.15 bits per heavy atom. The van der Waals surface area contributed by atoms with Crippen LogP contribution in [0.3, 0.4) is 0 Å². The highest BCUT2D eigenvalue weighted by molar-refractivity contribution is 9.10. The molecule has 1 aromatic carbocycles. The number of halogens is 4. The van der Waals surface area contributed by atoms with Crippen LogP contribution in [0.15, 0.2) is 22.7 Å². The standard InChI is InChI=1S/C14H20BrF3OSi/c1-13(2,3)20(4,5)19-9-10-6-7-12(15)11(8-10)14(16,17)18/h6-8H,9H2,1-5H3. The summed E-state index contributed by atoms with van der Waals surface area (Å²) in [5, 5.41) is 0.0369. The lowest BCUT2D eigenvalue weighted by atomic mass is 10.1. The molecule has 0 atom stereocenters. The minimum Gasteiger partial charge on any atom is -0.413 e. The molecule has 0 aliphatic carbocycles. The van der Waals surface area contributed by atoms with Crippen molar-refractivity contribution in [2.45, 2.75) is 51.7 Å². The second-order valence-corrected chi connectivity index (χ2v) is 12.0. The van der Waals surface area contributed by atoms with Crippen molar-refractivity contribution < 1.29 is 17.6 Å². The van der Waals surface area contributed by atoms with E-state index in [0.717, 1.165) is 6.07 Å². The van der Waals surface area contributed by atoms with Crippen molar-refractivity contribution in [3.8, 4) is 0 Å². The Balaban J connectivity index is 2.91. The summed E-state index contributed by atoms with van der Waals surface area (Å²) < 4.78 is 44.5. The number of rotatable bonds is 3. The van der Waals surface area contributed by atoms with E-state index in [2.05, 4.69) is 49.8 Å². The van der Waals surface area contributed by atoms with E-state index in [1.807, 2.05) is 0 Å². The van der Waals surface area contributed by atoms with E-state index in [-0.39, 0.29) is 16.1 Å². The summed E-state index contributed by atoms with van der Waals surface area (Å²) in [6, 6.07) is 4.23. The zero-order valence-corrected chi connectivity index (χ0v) is 14.9. The molecule has 0 N–H and O–H groups in total. The van der Waals surface area contributed by atoms with Crippen LogP contribution in [0.4, 0.5) is 13.2 Å². The topological polar surface area (TPSA) is 9.23 Å². The molecule has 0 saturated heterocycles. The third kappa shape index (κ3) is 4.33. The van der Waals surface area contributed by atoms with Gasteiger partial charge in [-0.15, -0.1) is 0 Å². The molecule has 114 valence electrons. The molecule has 6 heteroatoms. The summed E-state index contributed by atoms with van der Waals surface area (Å²) >= 11 is 2.94. The molecule has 1 nitrogen and oxygen atoms in total. The first kappa shape index (κ1) is 17.7. The van der Waals surface area contributed by atoms with Crippen LogP contribution in [0.1, 0.15) is 31.9 Å². The predicted octanol–water partition coefficient (Wildman–Crippen LogP) is 5.99. The van der Waals surface area contributed by atoms with Crippen LogP contribution in [0.25, 0.3) is 0 Å². The predicted molar refractivity (Wildman–Crippen MR) is 81.1 cm³/mol. The first-order chi connectivity index (χ1) is 8.84. The molecule has 0 fully saturated rings. The molecule has 0 amide bonds. The molecule has 0 aliphatic heterocycles. The first-order valence-electron chi connectivity index (χ1n) is 6.34. The lowest BCUT2D eigenvalue weighted by Gasteiger charge is -2.36. The minimum atomic E-state index is -4.36. The van der Waals surface area contributed by atoms with Crippen LogP contribution in [-0.4, -0.2) is 8.32 Å². The largest absolute Gasteiger partial charge is 0.417 e. The van der Waals surface area contributed by atoms with E-state index < -0.39 is 20.1 Å². The summed E-state index contributed by atoms with van der Waals surface area (Å²) in [6.45, 7) is 10.7. The molecular formula is C14H20BrF3OSi. The van der Waals surface area contributed by atoms with E-state index >= 15 is 0 Å². The fraction of sp³-hybridized carbons (Fsp3) is 0.571. The van der Waals surface area contributed by atoms with E-state index in [4.69, 9.17) is 4.43 Å². The lowest BCUT2D eigenvalue weighted by molar-refractivity contribution is -0.138. The van der Waals surface area contributed by atoms with Crippen LogP contribution < -0.4 is 0 Å². The third-order valence-electron chi connectivity index (χ3n) is 3.74. The molecule has 0 aliphatic rings. The maximum absolute atomic E-state index is 12.8. The van der Waals surface area contributed by atoms with E-state index in [9.17, 15) is 13.2 Å². The highest BCUT2D eigenvalue weighted by Crippen LogP contribution is 2.38. The second kappa shape index (κ2) is 5.81. The molecule has 0 saturated carbocycles. The number of alkyl halides is 3. The highest BCUT2D eigenvalue weighted by atomic mass is 79.9. The Labute approximate surface area is 127 Å². The fourth-order valence-corrected chi connectivity index (χ4v) is 2.79. The Kier molecular flexibility index (Phi) is 5.15. The molecule has 1 rings (SSSR count). The Bertz CT molecular complexity index is 478. The van der Waals surface area contributed by atoms with E-state index in [1.165, 1.54) is 6.07 Å². The lowest BCUT2D eigenvalue weighted by Crippen LogP contribution is -2.40. The zero-order chi connectivity index (χ0) is 15.8. The zero-order valence-electron chi connectivity index (χ0n) is 12.4. The van der Waals surface area contributed by atoms with Crippen LogP contribution in [0, 0.1) is 0 Å². The van der Waals surface area contributed by atoms with Gasteiger partial charge in [-0.2, -0.15) is 13.2 Å². The summed E-state index contributed by atoms with van der Waals surface area (Å²) in [7, 11) is -1.96. The van der Waals surface area contributed by atoms with Crippen molar-refractivity contribution >= 4 is 24.2 Å². The maximum atomic E-state index is 12.8. The van der Waals surface area contributed by atoms with Crippen LogP contribution >= 0.6 is 15.9 Å². The molecule has 0 heterocycles. The molecule has 20 heavy (non-hydrogen) atoms. The highest BCUT2D eigenvalue weighted by Gasteiger charge is 2.37. The average Bonchev–Trinajstić information content (AvgIpc) is 2.24. The van der Waals surface area contributed by atoms with Gasteiger partial charge >= 0.3 is 6.18 Å². The van der Waals surface area contributed by atoms with Gasteiger partial charge in [-0.25, -0.2) is 0 Å². The summed E-state index contributed by atoms with van der Waals surface area (Å²) in [4.78, 5) is 0. The average molecular weight is 369 g/mol. The van der Waals surface area contributed by atoms with Gasteiger partial charge in [-0.05, 0) is 35.8 Å².